The molecule has 2 aromatic heterocycles. The van der Waals surface area contributed by atoms with Crippen LogP contribution < -0.4 is 0 Å². The number of furan rings is 2. The van der Waals surface area contributed by atoms with E-state index in [0.29, 0.717) is 30.6 Å². The Morgan fingerprint density at radius 2 is 1.88 bits per heavy atom. The normalized spacial score (nSPS) is 26.9. The molecule has 0 unspecified atom stereocenters. The maximum atomic E-state index is 13.1. The van der Waals surface area contributed by atoms with Crippen LogP contribution in [-0.2, 0) is 4.79 Å². The van der Waals surface area contributed by atoms with E-state index in [1.165, 1.54) is 6.42 Å². The van der Waals surface area contributed by atoms with E-state index in [1.54, 1.807) is 17.5 Å². The smallest absolute Gasteiger partial charge is 0.257 e. The van der Waals surface area contributed by atoms with Gasteiger partial charge in [-0.1, -0.05) is 13.8 Å². The summed E-state index contributed by atoms with van der Waals surface area (Å²) in [6.45, 7) is 6.82. The SMILES string of the molecule is C[C@@H]1C[C@@H](C)CN(CC(=O)N2N=C(c3ccco3)C[C@H]2c2ccco2)C1. The van der Waals surface area contributed by atoms with Crippen LogP contribution >= 0.6 is 0 Å². The summed E-state index contributed by atoms with van der Waals surface area (Å²) in [6.07, 6.45) is 5.08. The molecule has 1 amide bonds. The van der Waals surface area contributed by atoms with Gasteiger partial charge in [0.1, 0.15) is 23.3 Å². The molecule has 1 fully saturated rings. The third kappa shape index (κ3) is 3.46. The van der Waals surface area contributed by atoms with Gasteiger partial charge in [0.15, 0.2) is 0 Å². The number of hydrazone groups is 1. The minimum atomic E-state index is -0.211. The zero-order chi connectivity index (χ0) is 18.1. The lowest BCUT2D eigenvalue weighted by Crippen LogP contribution is -2.44. The summed E-state index contributed by atoms with van der Waals surface area (Å²) in [5.41, 5.74) is 0.783. The minimum Gasteiger partial charge on any atom is -0.467 e. The van der Waals surface area contributed by atoms with E-state index >= 15 is 0 Å². The number of rotatable bonds is 4. The zero-order valence-electron chi connectivity index (χ0n) is 15.3. The van der Waals surface area contributed by atoms with Gasteiger partial charge in [0.2, 0.25) is 0 Å². The second kappa shape index (κ2) is 7.11. The summed E-state index contributed by atoms with van der Waals surface area (Å²) in [6, 6.07) is 7.24. The van der Waals surface area contributed by atoms with Crippen molar-refractivity contribution in [2.75, 3.05) is 19.6 Å². The highest BCUT2D eigenvalue weighted by Crippen LogP contribution is 2.33. The summed E-state index contributed by atoms with van der Waals surface area (Å²) in [4.78, 5) is 15.3. The lowest BCUT2D eigenvalue weighted by molar-refractivity contribution is -0.135. The van der Waals surface area contributed by atoms with Gasteiger partial charge in [-0.3, -0.25) is 9.69 Å². The molecule has 0 N–H and O–H groups in total. The van der Waals surface area contributed by atoms with Gasteiger partial charge in [0, 0.05) is 19.5 Å². The summed E-state index contributed by atoms with van der Waals surface area (Å²) >= 11 is 0. The number of hydrogen-bond donors (Lipinski definition) is 0. The Bertz CT molecular complexity index is 756. The number of likely N-dealkylation sites (tertiary alicyclic amines) is 1. The standard InChI is InChI=1S/C20H25N3O3/c1-14-9-15(2)12-22(11-14)13-20(24)23-17(19-6-4-8-26-19)10-16(21-23)18-5-3-7-25-18/h3-8,14-15,17H,9-13H2,1-2H3/t14-,15-,17+/m1/s1. The fourth-order valence-electron chi connectivity index (χ4n) is 4.22. The van der Waals surface area contributed by atoms with E-state index in [1.807, 2.05) is 24.3 Å². The van der Waals surface area contributed by atoms with Crippen molar-refractivity contribution in [1.82, 2.24) is 9.91 Å². The van der Waals surface area contributed by atoms with Gasteiger partial charge < -0.3 is 8.83 Å². The summed E-state index contributed by atoms with van der Waals surface area (Å²) in [5, 5.41) is 6.18. The molecule has 6 heteroatoms. The molecular weight excluding hydrogens is 330 g/mol. The number of amides is 1. The molecule has 26 heavy (non-hydrogen) atoms. The molecule has 2 aliphatic heterocycles. The molecular formula is C20H25N3O3. The second-order valence-electron chi connectivity index (χ2n) is 7.64. The molecule has 0 bridgehead atoms. The Morgan fingerprint density at radius 3 is 2.54 bits per heavy atom. The third-order valence-electron chi connectivity index (χ3n) is 5.15. The van der Waals surface area contributed by atoms with Crippen molar-refractivity contribution in [1.29, 1.82) is 0 Å². The molecule has 0 aliphatic carbocycles. The maximum Gasteiger partial charge on any atom is 0.257 e. The molecule has 138 valence electrons. The van der Waals surface area contributed by atoms with E-state index in [0.717, 1.165) is 24.6 Å². The van der Waals surface area contributed by atoms with Crippen molar-refractivity contribution in [2.24, 2.45) is 16.9 Å². The van der Waals surface area contributed by atoms with Crippen molar-refractivity contribution in [2.45, 2.75) is 32.7 Å². The predicted molar refractivity (Wildman–Crippen MR) is 97.5 cm³/mol. The topological polar surface area (TPSA) is 62.2 Å². The molecule has 4 heterocycles. The van der Waals surface area contributed by atoms with Crippen LogP contribution in [0.25, 0.3) is 0 Å². The fourth-order valence-corrected chi connectivity index (χ4v) is 4.22. The average molecular weight is 355 g/mol. The molecule has 2 aromatic rings. The number of carbonyl (C=O) groups excluding carboxylic acids is 1. The summed E-state index contributed by atoms with van der Waals surface area (Å²) in [7, 11) is 0. The van der Waals surface area contributed by atoms with Crippen molar-refractivity contribution >= 4 is 11.6 Å². The molecule has 0 saturated carbocycles. The Kier molecular flexibility index (Phi) is 4.68. The minimum absolute atomic E-state index is 0.00857. The van der Waals surface area contributed by atoms with E-state index < -0.39 is 0 Å². The molecule has 0 spiro atoms. The van der Waals surface area contributed by atoms with E-state index in [9.17, 15) is 4.79 Å². The van der Waals surface area contributed by atoms with Gasteiger partial charge in [-0.2, -0.15) is 5.10 Å². The van der Waals surface area contributed by atoms with E-state index in [4.69, 9.17) is 8.83 Å². The molecule has 6 nitrogen and oxygen atoms in total. The predicted octanol–water partition coefficient (Wildman–Crippen LogP) is 3.53. The van der Waals surface area contributed by atoms with Crippen LogP contribution in [0.15, 0.2) is 50.7 Å². The number of hydrogen-bond acceptors (Lipinski definition) is 5. The first-order valence-electron chi connectivity index (χ1n) is 9.29. The van der Waals surface area contributed by atoms with Crippen molar-refractivity contribution in [3.8, 4) is 0 Å². The van der Waals surface area contributed by atoms with Crippen LogP contribution in [0.1, 0.15) is 44.3 Å². The molecule has 0 radical (unpaired) electrons. The van der Waals surface area contributed by atoms with Crippen molar-refractivity contribution in [3.05, 3.63) is 48.3 Å². The third-order valence-corrected chi connectivity index (χ3v) is 5.15. The Hall–Kier alpha value is -2.34. The highest BCUT2D eigenvalue weighted by molar-refractivity contribution is 6.01. The molecule has 4 rings (SSSR count). The Balaban J connectivity index is 1.53. The highest BCUT2D eigenvalue weighted by Gasteiger charge is 2.36. The van der Waals surface area contributed by atoms with Crippen LogP contribution in [0.3, 0.4) is 0 Å². The van der Waals surface area contributed by atoms with Gasteiger partial charge >= 0.3 is 0 Å². The Morgan fingerprint density at radius 1 is 1.15 bits per heavy atom. The van der Waals surface area contributed by atoms with Crippen LogP contribution in [0.2, 0.25) is 0 Å². The lowest BCUT2D eigenvalue weighted by Gasteiger charge is -2.35. The summed E-state index contributed by atoms with van der Waals surface area (Å²) in [5.74, 6) is 2.71. The molecule has 3 atom stereocenters. The molecule has 2 aliphatic rings. The van der Waals surface area contributed by atoms with Gasteiger partial charge in [-0.05, 0) is 42.5 Å². The van der Waals surface area contributed by atoms with E-state index in [-0.39, 0.29) is 11.9 Å². The van der Waals surface area contributed by atoms with Gasteiger partial charge in [0.05, 0.1) is 19.1 Å². The van der Waals surface area contributed by atoms with Crippen molar-refractivity contribution in [3.63, 3.8) is 0 Å². The first kappa shape index (κ1) is 17.1. The molecule has 1 saturated heterocycles. The number of nitrogens with zero attached hydrogens (tertiary/aromatic N) is 3. The van der Waals surface area contributed by atoms with Crippen LogP contribution in [-0.4, -0.2) is 41.2 Å². The average Bonchev–Trinajstić information content (AvgIpc) is 3.33. The second-order valence-corrected chi connectivity index (χ2v) is 7.64. The first-order chi connectivity index (χ1) is 12.6. The largest absolute Gasteiger partial charge is 0.467 e. The van der Waals surface area contributed by atoms with Gasteiger partial charge in [-0.25, -0.2) is 5.01 Å². The Labute approximate surface area is 153 Å². The van der Waals surface area contributed by atoms with E-state index in [2.05, 4.69) is 23.8 Å². The van der Waals surface area contributed by atoms with Gasteiger partial charge in [0.25, 0.3) is 5.91 Å². The number of piperidine rings is 1. The zero-order valence-corrected chi connectivity index (χ0v) is 15.3. The van der Waals surface area contributed by atoms with Crippen LogP contribution in [0.5, 0.6) is 0 Å². The fraction of sp³-hybridized carbons (Fsp3) is 0.500. The quantitative estimate of drug-likeness (QED) is 0.842. The lowest BCUT2D eigenvalue weighted by atomic mass is 9.92. The summed E-state index contributed by atoms with van der Waals surface area (Å²) < 4.78 is 11.1. The monoisotopic (exact) mass is 355 g/mol. The maximum absolute atomic E-state index is 13.1. The van der Waals surface area contributed by atoms with Crippen LogP contribution in [0.4, 0.5) is 0 Å². The number of carbonyl (C=O) groups is 1. The van der Waals surface area contributed by atoms with Crippen molar-refractivity contribution < 1.29 is 13.6 Å². The van der Waals surface area contributed by atoms with Gasteiger partial charge in [-0.15, -0.1) is 0 Å². The highest BCUT2D eigenvalue weighted by atomic mass is 16.3. The first-order valence-corrected chi connectivity index (χ1v) is 9.29. The molecule has 0 aromatic carbocycles. The van der Waals surface area contributed by atoms with Crippen LogP contribution in [0, 0.1) is 11.8 Å².